The first kappa shape index (κ1) is 25.5. The van der Waals surface area contributed by atoms with Crippen LogP contribution in [-0.2, 0) is 17.8 Å². The number of nitrogens with one attached hydrogen (secondary N) is 1. The first-order valence-electron chi connectivity index (χ1n) is 11.9. The van der Waals surface area contributed by atoms with E-state index in [4.69, 9.17) is 9.47 Å². The SMILES string of the molecule is COc1ccc(CCCC(=O)N/N=C\c2ccc(OCc3cccc4ccccc34)c(Br)c2)c(C)c1. The first-order valence-corrected chi connectivity index (χ1v) is 12.7. The van der Waals surface area contributed by atoms with Gasteiger partial charge >= 0.3 is 0 Å². The van der Waals surface area contributed by atoms with Crippen molar-refractivity contribution in [3.8, 4) is 11.5 Å². The molecule has 5 nitrogen and oxygen atoms in total. The van der Waals surface area contributed by atoms with E-state index in [-0.39, 0.29) is 5.91 Å². The van der Waals surface area contributed by atoms with Crippen LogP contribution in [0.4, 0.5) is 0 Å². The van der Waals surface area contributed by atoms with Gasteiger partial charge in [-0.15, -0.1) is 0 Å². The molecule has 0 radical (unpaired) electrons. The Bertz CT molecular complexity index is 1380. The van der Waals surface area contributed by atoms with Crippen molar-refractivity contribution in [1.82, 2.24) is 5.43 Å². The number of carbonyl (C=O) groups is 1. The molecule has 4 aromatic carbocycles. The molecular formula is C30H29BrN2O3. The molecule has 36 heavy (non-hydrogen) atoms. The third-order valence-corrected chi connectivity index (χ3v) is 6.64. The maximum absolute atomic E-state index is 12.2. The van der Waals surface area contributed by atoms with Crippen LogP contribution in [0, 0.1) is 6.92 Å². The van der Waals surface area contributed by atoms with Gasteiger partial charge in [-0.05, 0) is 99.1 Å². The summed E-state index contributed by atoms with van der Waals surface area (Å²) in [5.41, 5.74) is 6.99. The van der Waals surface area contributed by atoms with Crippen LogP contribution in [0.25, 0.3) is 10.8 Å². The predicted molar refractivity (Wildman–Crippen MR) is 149 cm³/mol. The van der Waals surface area contributed by atoms with Gasteiger partial charge in [0.2, 0.25) is 5.91 Å². The fourth-order valence-electron chi connectivity index (χ4n) is 4.04. The van der Waals surface area contributed by atoms with Crippen LogP contribution in [0.3, 0.4) is 0 Å². The van der Waals surface area contributed by atoms with E-state index in [2.05, 4.69) is 63.7 Å². The summed E-state index contributed by atoms with van der Waals surface area (Å²) in [6.07, 6.45) is 3.63. The zero-order valence-electron chi connectivity index (χ0n) is 20.5. The Balaban J connectivity index is 1.25. The minimum Gasteiger partial charge on any atom is -0.497 e. The molecule has 4 rings (SSSR count). The number of nitrogens with zero attached hydrogens (tertiary/aromatic N) is 1. The molecule has 0 aliphatic heterocycles. The average molecular weight is 545 g/mol. The van der Waals surface area contributed by atoms with Crippen molar-refractivity contribution in [2.24, 2.45) is 5.10 Å². The second-order valence-electron chi connectivity index (χ2n) is 8.56. The molecule has 0 aromatic heterocycles. The average Bonchev–Trinajstić information content (AvgIpc) is 2.89. The highest BCUT2D eigenvalue weighted by molar-refractivity contribution is 9.10. The minimum atomic E-state index is -0.105. The Morgan fingerprint density at radius 2 is 1.83 bits per heavy atom. The minimum absolute atomic E-state index is 0.105. The molecule has 0 aliphatic rings. The van der Waals surface area contributed by atoms with E-state index in [9.17, 15) is 4.79 Å². The maximum atomic E-state index is 12.2. The highest BCUT2D eigenvalue weighted by Crippen LogP contribution is 2.27. The quantitative estimate of drug-likeness (QED) is 0.173. The van der Waals surface area contributed by atoms with Gasteiger partial charge in [-0.3, -0.25) is 4.79 Å². The number of fused-ring (bicyclic) bond motifs is 1. The van der Waals surface area contributed by atoms with Crippen molar-refractivity contribution in [3.05, 3.63) is 106 Å². The number of benzene rings is 4. The highest BCUT2D eigenvalue weighted by Gasteiger charge is 2.06. The molecule has 0 saturated heterocycles. The van der Waals surface area contributed by atoms with Crippen molar-refractivity contribution in [2.45, 2.75) is 32.8 Å². The van der Waals surface area contributed by atoms with E-state index < -0.39 is 0 Å². The number of halogens is 1. The van der Waals surface area contributed by atoms with E-state index >= 15 is 0 Å². The van der Waals surface area contributed by atoms with E-state index in [0.29, 0.717) is 13.0 Å². The van der Waals surface area contributed by atoms with Gasteiger partial charge in [0.05, 0.1) is 17.8 Å². The van der Waals surface area contributed by atoms with Gasteiger partial charge in [0.25, 0.3) is 0 Å². The molecule has 0 saturated carbocycles. The second kappa shape index (κ2) is 12.4. The number of hydrazone groups is 1. The lowest BCUT2D eigenvalue weighted by Crippen LogP contribution is -2.17. The third-order valence-electron chi connectivity index (χ3n) is 6.02. The van der Waals surface area contributed by atoms with Crippen LogP contribution in [0.15, 0.2) is 88.4 Å². The number of amides is 1. The van der Waals surface area contributed by atoms with Gasteiger partial charge in [-0.1, -0.05) is 48.5 Å². The lowest BCUT2D eigenvalue weighted by Gasteiger charge is -2.11. The number of aryl methyl sites for hydroxylation is 2. The fraction of sp³-hybridized carbons (Fsp3) is 0.200. The molecule has 1 amide bonds. The van der Waals surface area contributed by atoms with E-state index in [1.165, 1.54) is 21.9 Å². The second-order valence-corrected chi connectivity index (χ2v) is 9.41. The molecule has 184 valence electrons. The Morgan fingerprint density at radius 3 is 2.64 bits per heavy atom. The number of rotatable bonds is 10. The molecule has 0 unspecified atom stereocenters. The van der Waals surface area contributed by atoms with Crippen molar-refractivity contribution in [1.29, 1.82) is 0 Å². The summed E-state index contributed by atoms with van der Waals surface area (Å²) in [4.78, 5) is 12.2. The summed E-state index contributed by atoms with van der Waals surface area (Å²) >= 11 is 3.58. The normalized spacial score (nSPS) is 11.1. The van der Waals surface area contributed by atoms with Crippen molar-refractivity contribution in [3.63, 3.8) is 0 Å². The topological polar surface area (TPSA) is 59.9 Å². The number of hydrogen-bond acceptors (Lipinski definition) is 4. The van der Waals surface area contributed by atoms with Crippen LogP contribution < -0.4 is 14.9 Å². The molecule has 0 atom stereocenters. The third kappa shape index (κ3) is 6.73. The summed E-state index contributed by atoms with van der Waals surface area (Å²) < 4.78 is 12.1. The Morgan fingerprint density at radius 1 is 1.00 bits per heavy atom. The van der Waals surface area contributed by atoms with Crippen molar-refractivity contribution in [2.75, 3.05) is 7.11 Å². The molecule has 6 heteroatoms. The standard InChI is InChI=1S/C30H29BrN2O3/c1-21-17-26(35-2)15-14-23(21)8-6-12-30(34)33-32-19-22-13-16-29(28(31)18-22)36-20-25-10-5-9-24-7-3-4-11-27(24)25/h3-5,7,9-11,13-19H,6,8,12,20H2,1-2H3,(H,33,34)/b32-19-. The van der Waals surface area contributed by atoms with Crippen LogP contribution in [-0.4, -0.2) is 19.2 Å². The molecule has 0 fully saturated rings. The van der Waals surface area contributed by atoms with Crippen LogP contribution >= 0.6 is 15.9 Å². The summed E-state index contributed by atoms with van der Waals surface area (Å²) in [6.45, 7) is 2.53. The largest absolute Gasteiger partial charge is 0.497 e. The Kier molecular flexibility index (Phi) is 8.74. The van der Waals surface area contributed by atoms with E-state index in [0.717, 1.165) is 39.9 Å². The van der Waals surface area contributed by atoms with Crippen LogP contribution in [0.2, 0.25) is 0 Å². The molecule has 1 N–H and O–H groups in total. The summed E-state index contributed by atoms with van der Waals surface area (Å²) in [5.74, 6) is 1.49. The molecule has 0 spiro atoms. The van der Waals surface area contributed by atoms with Gasteiger partial charge < -0.3 is 9.47 Å². The number of hydrogen-bond donors (Lipinski definition) is 1. The molecule has 0 bridgehead atoms. The predicted octanol–water partition coefficient (Wildman–Crippen LogP) is 6.97. The number of methoxy groups -OCH3 is 1. The smallest absolute Gasteiger partial charge is 0.240 e. The van der Waals surface area contributed by atoms with Crippen LogP contribution in [0.5, 0.6) is 11.5 Å². The van der Waals surface area contributed by atoms with Crippen molar-refractivity contribution >= 4 is 38.8 Å². The fourth-order valence-corrected chi connectivity index (χ4v) is 4.55. The Hall–Kier alpha value is -3.64. The van der Waals surface area contributed by atoms with E-state index in [1.807, 2.05) is 48.5 Å². The molecule has 0 aliphatic carbocycles. The number of ether oxygens (including phenoxy) is 2. The Labute approximate surface area is 220 Å². The lowest BCUT2D eigenvalue weighted by molar-refractivity contribution is -0.121. The van der Waals surface area contributed by atoms with Crippen LogP contribution in [0.1, 0.15) is 35.1 Å². The van der Waals surface area contributed by atoms with Gasteiger partial charge in [0.1, 0.15) is 18.1 Å². The van der Waals surface area contributed by atoms with Gasteiger partial charge in [-0.2, -0.15) is 5.10 Å². The van der Waals surface area contributed by atoms with Gasteiger partial charge in [0, 0.05) is 6.42 Å². The maximum Gasteiger partial charge on any atom is 0.240 e. The highest BCUT2D eigenvalue weighted by atomic mass is 79.9. The van der Waals surface area contributed by atoms with E-state index in [1.54, 1.807) is 13.3 Å². The van der Waals surface area contributed by atoms with Gasteiger partial charge in [-0.25, -0.2) is 5.43 Å². The zero-order valence-corrected chi connectivity index (χ0v) is 22.0. The molecule has 4 aromatic rings. The first-order chi connectivity index (χ1) is 17.5. The molecular weight excluding hydrogens is 516 g/mol. The lowest BCUT2D eigenvalue weighted by atomic mass is 10.0. The summed E-state index contributed by atoms with van der Waals surface area (Å²) in [7, 11) is 1.66. The van der Waals surface area contributed by atoms with Gasteiger partial charge in [0.15, 0.2) is 0 Å². The van der Waals surface area contributed by atoms with Crippen molar-refractivity contribution < 1.29 is 14.3 Å². The summed E-state index contributed by atoms with van der Waals surface area (Å²) in [5, 5.41) is 6.49. The summed E-state index contributed by atoms with van der Waals surface area (Å²) in [6, 6.07) is 26.2. The molecule has 0 heterocycles. The monoisotopic (exact) mass is 544 g/mol. The zero-order chi connectivity index (χ0) is 25.3. The number of carbonyl (C=O) groups excluding carboxylic acids is 1.